The number of nitrogens with one attached hydrogen (secondary N) is 1. The van der Waals surface area contributed by atoms with Gasteiger partial charge in [0.15, 0.2) is 6.61 Å². The van der Waals surface area contributed by atoms with E-state index in [-0.39, 0.29) is 24.6 Å². The second-order valence-electron chi connectivity index (χ2n) is 8.10. The number of sulfonamides is 1. The lowest BCUT2D eigenvalue weighted by Crippen LogP contribution is -2.29. The molecule has 0 bridgehead atoms. The molecule has 0 radical (unpaired) electrons. The molecule has 0 heterocycles. The molecule has 190 valence electrons. The summed E-state index contributed by atoms with van der Waals surface area (Å²) in [4.78, 5) is 14.5. The highest BCUT2D eigenvalue weighted by Gasteiger charge is 2.19. The normalized spacial score (nSPS) is 11.1. The summed E-state index contributed by atoms with van der Waals surface area (Å²) in [5.41, 5.74) is 1.29. The number of amides is 1. The van der Waals surface area contributed by atoms with Crippen molar-refractivity contribution in [2.45, 2.75) is 16.3 Å². The van der Waals surface area contributed by atoms with Gasteiger partial charge in [0.25, 0.3) is 5.91 Å². The molecule has 0 spiro atoms. The van der Waals surface area contributed by atoms with Crippen molar-refractivity contribution >= 4 is 39.1 Å². The van der Waals surface area contributed by atoms with Gasteiger partial charge in [-0.05, 0) is 54.6 Å². The maximum absolute atomic E-state index is 14.1. The summed E-state index contributed by atoms with van der Waals surface area (Å²) >= 11 is 1.55. The van der Waals surface area contributed by atoms with Crippen LogP contribution in [0, 0.1) is 5.82 Å². The zero-order valence-electron chi connectivity index (χ0n) is 20.0. The lowest BCUT2D eigenvalue weighted by atomic mass is 10.2. The molecule has 0 saturated heterocycles. The van der Waals surface area contributed by atoms with Gasteiger partial charge < -0.3 is 10.1 Å². The predicted molar refractivity (Wildman–Crippen MR) is 145 cm³/mol. The second-order valence-corrected chi connectivity index (χ2v) is 11.1. The number of carbonyl (C=O) groups is 1. The van der Waals surface area contributed by atoms with Gasteiger partial charge in [0.2, 0.25) is 10.0 Å². The highest BCUT2D eigenvalue weighted by molar-refractivity contribution is 7.99. The van der Waals surface area contributed by atoms with Crippen molar-refractivity contribution in [1.82, 2.24) is 0 Å². The number of para-hydroxylation sites is 1. The average molecular weight is 537 g/mol. The molecule has 4 aromatic rings. The molecule has 4 aromatic carbocycles. The third-order valence-electron chi connectivity index (χ3n) is 5.30. The van der Waals surface area contributed by atoms with E-state index in [1.165, 1.54) is 6.07 Å². The van der Waals surface area contributed by atoms with Crippen molar-refractivity contribution in [2.75, 3.05) is 22.5 Å². The average Bonchev–Trinajstić information content (AvgIpc) is 2.88. The molecular formula is C28H25FN2O4S2. The molecule has 0 unspecified atom stereocenters. The van der Waals surface area contributed by atoms with Crippen LogP contribution in [0.15, 0.2) is 113 Å². The first kappa shape index (κ1) is 26.2. The molecule has 37 heavy (non-hydrogen) atoms. The predicted octanol–water partition coefficient (Wildman–Crippen LogP) is 5.96. The van der Waals surface area contributed by atoms with Gasteiger partial charge in [-0.15, -0.1) is 0 Å². The molecular weight excluding hydrogens is 511 g/mol. The Balaban J connectivity index is 1.39. The van der Waals surface area contributed by atoms with Crippen LogP contribution < -0.4 is 14.4 Å². The van der Waals surface area contributed by atoms with Crippen LogP contribution in [0.3, 0.4) is 0 Å². The van der Waals surface area contributed by atoms with E-state index >= 15 is 0 Å². The Kier molecular flexibility index (Phi) is 8.47. The van der Waals surface area contributed by atoms with Crippen molar-refractivity contribution in [3.63, 3.8) is 0 Å². The maximum Gasteiger partial charge on any atom is 0.262 e. The quantitative estimate of drug-likeness (QED) is 0.271. The zero-order chi connectivity index (χ0) is 26.3. The Morgan fingerprint density at radius 1 is 0.892 bits per heavy atom. The molecule has 0 aliphatic carbocycles. The van der Waals surface area contributed by atoms with E-state index in [9.17, 15) is 17.6 Å². The fourth-order valence-corrected chi connectivity index (χ4v) is 5.30. The zero-order valence-corrected chi connectivity index (χ0v) is 21.6. The van der Waals surface area contributed by atoms with Crippen molar-refractivity contribution in [1.29, 1.82) is 0 Å². The fraction of sp³-hybridized carbons (Fsp3) is 0.107. The first-order valence-electron chi connectivity index (χ1n) is 11.4. The van der Waals surface area contributed by atoms with E-state index in [0.29, 0.717) is 17.1 Å². The Bertz CT molecular complexity index is 1460. The number of benzene rings is 4. The molecule has 4 rings (SSSR count). The topological polar surface area (TPSA) is 75.7 Å². The van der Waals surface area contributed by atoms with Gasteiger partial charge in [-0.1, -0.05) is 60.3 Å². The molecule has 1 amide bonds. The minimum Gasteiger partial charge on any atom is -0.484 e. The Morgan fingerprint density at radius 3 is 2.24 bits per heavy atom. The van der Waals surface area contributed by atoms with Crippen LogP contribution in [-0.4, -0.2) is 27.2 Å². The van der Waals surface area contributed by atoms with Crippen LogP contribution in [0.25, 0.3) is 0 Å². The fourth-order valence-electron chi connectivity index (χ4n) is 3.50. The Hall–Kier alpha value is -3.82. The molecule has 0 aliphatic heterocycles. The molecule has 0 aromatic heterocycles. The number of anilines is 2. The summed E-state index contributed by atoms with van der Waals surface area (Å²) in [6, 6.07) is 29.7. The number of nitrogens with zero attached hydrogens (tertiary/aromatic N) is 1. The molecule has 0 aliphatic rings. The first-order valence-corrected chi connectivity index (χ1v) is 14.0. The number of ether oxygens (including phenoxy) is 1. The lowest BCUT2D eigenvalue weighted by molar-refractivity contribution is -0.118. The van der Waals surface area contributed by atoms with Gasteiger partial charge in [-0.25, -0.2) is 12.8 Å². The Labute approximate surface area is 220 Å². The number of rotatable bonds is 10. The van der Waals surface area contributed by atoms with E-state index < -0.39 is 15.8 Å². The van der Waals surface area contributed by atoms with Gasteiger partial charge in [0.1, 0.15) is 11.6 Å². The van der Waals surface area contributed by atoms with Crippen LogP contribution in [-0.2, 0) is 21.4 Å². The Morgan fingerprint density at radius 2 is 1.54 bits per heavy atom. The van der Waals surface area contributed by atoms with Crippen LogP contribution in [0.1, 0.15) is 5.56 Å². The van der Waals surface area contributed by atoms with Crippen molar-refractivity contribution in [3.8, 4) is 5.75 Å². The largest absolute Gasteiger partial charge is 0.484 e. The number of hydrogen-bond acceptors (Lipinski definition) is 5. The summed E-state index contributed by atoms with van der Waals surface area (Å²) in [7, 11) is -3.67. The van der Waals surface area contributed by atoms with E-state index in [4.69, 9.17) is 4.74 Å². The third-order valence-corrected chi connectivity index (χ3v) is 7.52. The van der Waals surface area contributed by atoms with Gasteiger partial charge >= 0.3 is 0 Å². The standard InChI is InChI=1S/C28H25FN2O4S2/c1-37(33,34)31(19-21-9-5-6-12-25(21)29)22-15-17-23(18-16-22)35-20-28(32)30-26-13-7-8-14-27(26)36-24-10-3-2-4-11-24/h2-18H,19-20H2,1H3,(H,30,32). The molecule has 0 saturated carbocycles. The lowest BCUT2D eigenvalue weighted by Gasteiger charge is -2.23. The van der Waals surface area contributed by atoms with Crippen LogP contribution >= 0.6 is 11.8 Å². The number of carbonyl (C=O) groups excluding carboxylic acids is 1. The van der Waals surface area contributed by atoms with E-state index in [2.05, 4.69) is 5.32 Å². The summed E-state index contributed by atoms with van der Waals surface area (Å²) < 4.78 is 45.6. The van der Waals surface area contributed by atoms with Gasteiger partial charge in [-0.3, -0.25) is 9.10 Å². The number of halogens is 1. The molecule has 6 nitrogen and oxygen atoms in total. The third kappa shape index (κ3) is 7.34. The minimum absolute atomic E-state index is 0.144. The van der Waals surface area contributed by atoms with Crippen molar-refractivity contribution in [3.05, 3.63) is 115 Å². The summed E-state index contributed by atoms with van der Waals surface area (Å²) in [6.45, 7) is -0.372. The second kappa shape index (κ2) is 11.9. The van der Waals surface area contributed by atoms with Crippen molar-refractivity contribution < 1.29 is 22.3 Å². The van der Waals surface area contributed by atoms with E-state index in [0.717, 1.165) is 20.4 Å². The monoisotopic (exact) mass is 536 g/mol. The molecule has 0 atom stereocenters. The molecule has 9 heteroatoms. The highest BCUT2D eigenvalue weighted by Crippen LogP contribution is 2.33. The SMILES string of the molecule is CS(=O)(=O)N(Cc1ccccc1F)c1ccc(OCC(=O)Nc2ccccc2Sc2ccccc2)cc1. The van der Waals surface area contributed by atoms with Gasteiger partial charge in [0, 0.05) is 15.4 Å². The van der Waals surface area contributed by atoms with Gasteiger partial charge in [0.05, 0.1) is 24.2 Å². The summed E-state index contributed by atoms with van der Waals surface area (Å²) in [5, 5.41) is 2.88. The van der Waals surface area contributed by atoms with E-state index in [1.54, 1.807) is 54.2 Å². The molecule has 1 N–H and O–H groups in total. The summed E-state index contributed by atoms with van der Waals surface area (Å²) in [6.07, 6.45) is 1.07. The van der Waals surface area contributed by atoms with Crippen LogP contribution in [0.5, 0.6) is 5.75 Å². The first-order chi connectivity index (χ1) is 17.8. The summed E-state index contributed by atoms with van der Waals surface area (Å²) in [5.74, 6) is -0.418. The maximum atomic E-state index is 14.1. The molecule has 0 fully saturated rings. The van der Waals surface area contributed by atoms with Crippen molar-refractivity contribution in [2.24, 2.45) is 0 Å². The van der Waals surface area contributed by atoms with Crippen LogP contribution in [0.2, 0.25) is 0 Å². The number of hydrogen-bond donors (Lipinski definition) is 1. The highest BCUT2D eigenvalue weighted by atomic mass is 32.2. The minimum atomic E-state index is -3.67. The van der Waals surface area contributed by atoms with Gasteiger partial charge in [-0.2, -0.15) is 0 Å². The smallest absolute Gasteiger partial charge is 0.262 e. The van der Waals surface area contributed by atoms with E-state index in [1.807, 2.05) is 54.6 Å². The van der Waals surface area contributed by atoms with Crippen LogP contribution in [0.4, 0.5) is 15.8 Å².